The largest absolute Gasteiger partial charge is 0.269 e. The van der Waals surface area contributed by atoms with Gasteiger partial charge in [-0.3, -0.25) is 4.99 Å². The van der Waals surface area contributed by atoms with Crippen molar-refractivity contribution < 1.29 is 0 Å². The van der Waals surface area contributed by atoms with Crippen LogP contribution in [-0.4, -0.2) is 6.21 Å². The van der Waals surface area contributed by atoms with E-state index >= 15 is 0 Å². The Morgan fingerprint density at radius 3 is 0.557 bits per heavy atom. The van der Waals surface area contributed by atoms with Crippen LogP contribution in [0.5, 0.6) is 0 Å². The van der Waals surface area contributed by atoms with Crippen LogP contribution in [0.3, 0.4) is 0 Å². The SMILES string of the molecule is CCCCCCCCCCCCCCCCCCCCCCCCCCCCC=CN=CCCCCCCCCCCCCCCCCCCCCCCCCCCCCC. The Hall–Kier alpha value is -0.590. The lowest BCUT2D eigenvalue weighted by molar-refractivity contribution is 0.515. The van der Waals surface area contributed by atoms with Crippen molar-refractivity contribution in [3.05, 3.63) is 12.3 Å². The van der Waals surface area contributed by atoms with E-state index in [-0.39, 0.29) is 0 Å². The molecule has 0 amide bonds. The van der Waals surface area contributed by atoms with Gasteiger partial charge in [-0.1, -0.05) is 347 Å². The third kappa shape index (κ3) is 59.4. The molecule has 0 unspecified atom stereocenters. The third-order valence-electron chi connectivity index (χ3n) is 14.0. The van der Waals surface area contributed by atoms with E-state index in [1.54, 1.807) is 0 Å². The maximum atomic E-state index is 4.53. The highest BCUT2D eigenvalue weighted by molar-refractivity contribution is 5.57. The van der Waals surface area contributed by atoms with Crippen LogP contribution in [-0.2, 0) is 0 Å². The molecule has 0 saturated carbocycles. The van der Waals surface area contributed by atoms with Gasteiger partial charge in [-0.2, -0.15) is 0 Å². The van der Waals surface area contributed by atoms with Crippen LogP contribution >= 0.6 is 0 Å². The summed E-state index contributed by atoms with van der Waals surface area (Å²) < 4.78 is 0. The van der Waals surface area contributed by atoms with E-state index in [1.807, 2.05) is 0 Å². The molecule has 0 N–H and O–H groups in total. The predicted octanol–water partition coefficient (Wildman–Crippen LogP) is 23.1. The molecular weight excluding hydrogens is 735 g/mol. The first-order chi connectivity index (χ1) is 30.4. The molecule has 1 nitrogen and oxygen atoms in total. The van der Waals surface area contributed by atoms with Crippen molar-refractivity contribution in [3.63, 3.8) is 0 Å². The molecule has 0 bridgehead atoms. The van der Waals surface area contributed by atoms with Crippen LogP contribution in [0.4, 0.5) is 0 Å². The van der Waals surface area contributed by atoms with Gasteiger partial charge in [0.05, 0.1) is 0 Å². The lowest BCUT2D eigenvalue weighted by Gasteiger charge is -2.04. The predicted molar refractivity (Wildman–Crippen MR) is 283 cm³/mol. The minimum atomic E-state index is 1.16. The molecule has 0 radical (unpaired) electrons. The van der Waals surface area contributed by atoms with Gasteiger partial charge in [0.1, 0.15) is 0 Å². The van der Waals surface area contributed by atoms with Crippen molar-refractivity contribution in [2.75, 3.05) is 0 Å². The molecule has 0 aromatic heterocycles. The molecular formula is C60H119N. The number of hydrogen-bond acceptors (Lipinski definition) is 1. The average Bonchev–Trinajstić information content (AvgIpc) is 3.27. The molecule has 0 heterocycles. The molecule has 0 rings (SSSR count). The van der Waals surface area contributed by atoms with E-state index in [0.29, 0.717) is 0 Å². The average molecular weight is 855 g/mol. The molecule has 364 valence electrons. The summed E-state index contributed by atoms with van der Waals surface area (Å²) in [7, 11) is 0. The zero-order chi connectivity index (χ0) is 43.7. The number of unbranched alkanes of at least 4 members (excludes halogenated alkanes) is 53. The van der Waals surface area contributed by atoms with Crippen molar-refractivity contribution >= 4 is 6.21 Å². The lowest BCUT2D eigenvalue weighted by atomic mass is 10.0. The topological polar surface area (TPSA) is 12.4 Å². The minimum Gasteiger partial charge on any atom is -0.269 e. The lowest BCUT2D eigenvalue weighted by Crippen LogP contribution is -1.85. The standard InChI is InChI=1S/C60H119N/c1-3-5-7-9-11-13-15-17-19-21-23-25-27-29-31-33-35-37-39-41-43-45-47-49-51-53-55-57-59-61-60-58-56-54-52-50-48-46-44-42-40-38-36-34-32-30-28-26-24-22-20-18-16-14-12-10-8-6-4-2/h57,59-60H,3-56,58H2,1-2H3. The van der Waals surface area contributed by atoms with E-state index in [2.05, 4.69) is 37.3 Å². The summed E-state index contributed by atoms with van der Waals surface area (Å²) in [4.78, 5) is 4.53. The van der Waals surface area contributed by atoms with Crippen molar-refractivity contribution in [1.82, 2.24) is 0 Å². The highest BCUT2D eigenvalue weighted by Gasteiger charge is 1.99. The Kier molecular flexibility index (Phi) is 58.8. The van der Waals surface area contributed by atoms with Crippen LogP contribution in [0.25, 0.3) is 0 Å². The van der Waals surface area contributed by atoms with Crippen molar-refractivity contribution in [3.8, 4) is 0 Å². The monoisotopic (exact) mass is 854 g/mol. The van der Waals surface area contributed by atoms with Gasteiger partial charge in [0.25, 0.3) is 0 Å². The number of hydrogen-bond donors (Lipinski definition) is 0. The van der Waals surface area contributed by atoms with Gasteiger partial charge in [-0.15, -0.1) is 0 Å². The van der Waals surface area contributed by atoms with Gasteiger partial charge >= 0.3 is 0 Å². The molecule has 0 aliphatic heterocycles. The second-order valence-electron chi connectivity index (χ2n) is 20.3. The number of allylic oxidation sites excluding steroid dienone is 1. The van der Waals surface area contributed by atoms with Crippen LogP contribution in [0.2, 0.25) is 0 Å². The zero-order valence-corrected chi connectivity index (χ0v) is 43.1. The summed E-state index contributed by atoms with van der Waals surface area (Å²) in [5.74, 6) is 0. The van der Waals surface area contributed by atoms with E-state index < -0.39 is 0 Å². The Labute approximate surface area is 388 Å². The van der Waals surface area contributed by atoms with Crippen molar-refractivity contribution in [2.24, 2.45) is 4.99 Å². The quantitative estimate of drug-likeness (QED) is 0.0427. The van der Waals surface area contributed by atoms with Gasteiger partial charge in [-0.05, 0) is 25.7 Å². The van der Waals surface area contributed by atoms with Crippen molar-refractivity contribution in [1.29, 1.82) is 0 Å². The third-order valence-corrected chi connectivity index (χ3v) is 14.0. The number of nitrogens with zero attached hydrogens (tertiary/aromatic N) is 1. The van der Waals surface area contributed by atoms with Gasteiger partial charge in [0.15, 0.2) is 0 Å². The molecule has 0 saturated heterocycles. The van der Waals surface area contributed by atoms with E-state index in [4.69, 9.17) is 0 Å². The maximum absolute atomic E-state index is 4.53. The second-order valence-corrected chi connectivity index (χ2v) is 20.3. The summed E-state index contributed by atoms with van der Waals surface area (Å²) in [6.07, 6.45) is 86.3. The molecule has 0 spiro atoms. The highest BCUT2D eigenvalue weighted by Crippen LogP contribution is 2.18. The Morgan fingerprint density at radius 2 is 0.361 bits per heavy atom. The molecule has 0 fully saturated rings. The molecule has 0 aliphatic carbocycles. The Balaban J connectivity index is 3.14. The van der Waals surface area contributed by atoms with E-state index in [1.165, 1.54) is 347 Å². The molecule has 61 heavy (non-hydrogen) atoms. The molecule has 0 aromatic rings. The second kappa shape index (κ2) is 59.4. The highest BCUT2D eigenvalue weighted by atomic mass is 14.7. The molecule has 0 aromatic carbocycles. The maximum Gasteiger partial charge on any atom is 0.0223 e. The van der Waals surface area contributed by atoms with Gasteiger partial charge in [-0.25, -0.2) is 0 Å². The Bertz CT molecular complexity index is 782. The van der Waals surface area contributed by atoms with Gasteiger partial charge < -0.3 is 0 Å². The van der Waals surface area contributed by atoms with Crippen LogP contribution in [0.15, 0.2) is 17.3 Å². The summed E-state index contributed by atoms with van der Waals surface area (Å²) in [5.41, 5.74) is 0. The fraction of sp³-hybridized carbons (Fsp3) is 0.950. The first-order valence-electron chi connectivity index (χ1n) is 29.6. The first kappa shape index (κ1) is 60.4. The zero-order valence-electron chi connectivity index (χ0n) is 43.1. The normalized spacial score (nSPS) is 12.0. The van der Waals surface area contributed by atoms with Crippen molar-refractivity contribution in [2.45, 2.75) is 367 Å². The van der Waals surface area contributed by atoms with Crippen LogP contribution in [0, 0.1) is 0 Å². The smallest absolute Gasteiger partial charge is 0.0223 e. The van der Waals surface area contributed by atoms with Gasteiger partial charge in [0.2, 0.25) is 0 Å². The fourth-order valence-corrected chi connectivity index (χ4v) is 9.58. The van der Waals surface area contributed by atoms with Gasteiger partial charge in [0, 0.05) is 12.4 Å². The summed E-state index contributed by atoms with van der Waals surface area (Å²) >= 11 is 0. The minimum absolute atomic E-state index is 1.16. The summed E-state index contributed by atoms with van der Waals surface area (Å²) in [5, 5.41) is 0. The summed E-state index contributed by atoms with van der Waals surface area (Å²) in [6, 6.07) is 0. The number of aliphatic imine (C=N–C) groups is 1. The molecule has 1 heteroatoms. The van der Waals surface area contributed by atoms with Crippen LogP contribution in [0.1, 0.15) is 367 Å². The summed E-state index contributed by atoms with van der Waals surface area (Å²) in [6.45, 7) is 4.62. The molecule has 0 atom stereocenters. The van der Waals surface area contributed by atoms with E-state index in [9.17, 15) is 0 Å². The first-order valence-corrected chi connectivity index (χ1v) is 29.6. The van der Waals surface area contributed by atoms with E-state index in [0.717, 1.165) is 6.42 Å². The Morgan fingerprint density at radius 1 is 0.197 bits per heavy atom. The number of rotatable bonds is 56. The van der Waals surface area contributed by atoms with Crippen LogP contribution < -0.4 is 0 Å². The molecule has 0 aliphatic rings. The fourth-order valence-electron chi connectivity index (χ4n) is 9.58.